The first kappa shape index (κ1) is 13.5. The number of thioether (sulfide) groups is 1. The van der Waals surface area contributed by atoms with Gasteiger partial charge < -0.3 is 0 Å². The molecule has 0 bridgehead atoms. The van der Waals surface area contributed by atoms with Gasteiger partial charge in [-0.3, -0.25) is 4.68 Å². The second kappa shape index (κ2) is 6.28. The van der Waals surface area contributed by atoms with E-state index in [0.29, 0.717) is 10.9 Å². The molecule has 1 aliphatic rings. The van der Waals surface area contributed by atoms with E-state index in [1.165, 1.54) is 17.2 Å². The molecule has 1 saturated heterocycles. The van der Waals surface area contributed by atoms with Crippen molar-refractivity contribution in [1.29, 1.82) is 0 Å². The summed E-state index contributed by atoms with van der Waals surface area (Å²) in [6, 6.07) is 2.77. The Morgan fingerprint density at radius 2 is 2.24 bits per heavy atom. The molecule has 2 unspecified atom stereocenters. The molecule has 1 aliphatic heterocycles. The minimum Gasteiger partial charge on any atom is -0.269 e. The molecule has 2 nitrogen and oxygen atoms in total. The largest absolute Gasteiger partial charge is 0.269 e. The summed E-state index contributed by atoms with van der Waals surface area (Å²) in [4.78, 5) is 0.672. The van der Waals surface area contributed by atoms with E-state index < -0.39 is 0 Å². The van der Waals surface area contributed by atoms with Crippen molar-refractivity contribution < 1.29 is 0 Å². The fraction of sp³-hybridized carbons (Fsp3) is 0.769. The van der Waals surface area contributed by atoms with Crippen molar-refractivity contribution in [2.45, 2.75) is 44.0 Å². The molecular formula is C13H21BrN2S. The molecule has 1 fully saturated rings. The molecule has 17 heavy (non-hydrogen) atoms. The van der Waals surface area contributed by atoms with Crippen LogP contribution in [0.15, 0.2) is 12.3 Å². The van der Waals surface area contributed by atoms with Crippen LogP contribution in [-0.4, -0.2) is 26.1 Å². The van der Waals surface area contributed by atoms with E-state index in [-0.39, 0.29) is 0 Å². The van der Waals surface area contributed by atoms with Crippen LogP contribution in [0, 0.1) is 5.92 Å². The molecule has 1 aromatic rings. The highest BCUT2D eigenvalue weighted by Gasteiger charge is 2.26. The zero-order valence-corrected chi connectivity index (χ0v) is 13.0. The lowest BCUT2D eigenvalue weighted by molar-refractivity contribution is 0.423. The molecule has 2 heterocycles. The second-order valence-corrected chi connectivity index (χ2v) is 7.03. The molecule has 0 spiro atoms. The fourth-order valence-electron chi connectivity index (χ4n) is 2.38. The SMILES string of the molecule is CCC(CC)n1ccc(CC2CSCC2Br)n1. The second-order valence-electron chi connectivity index (χ2n) is 4.78. The Labute approximate surface area is 117 Å². The van der Waals surface area contributed by atoms with E-state index in [9.17, 15) is 0 Å². The maximum absolute atomic E-state index is 4.74. The number of rotatable bonds is 5. The molecule has 0 aromatic carbocycles. The highest BCUT2D eigenvalue weighted by molar-refractivity contribution is 9.09. The summed E-state index contributed by atoms with van der Waals surface area (Å²) >= 11 is 5.82. The molecule has 2 atom stereocenters. The van der Waals surface area contributed by atoms with Crippen molar-refractivity contribution in [1.82, 2.24) is 9.78 Å². The van der Waals surface area contributed by atoms with E-state index in [1.54, 1.807) is 0 Å². The van der Waals surface area contributed by atoms with Gasteiger partial charge in [-0.05, 0) is 37.0 Å². The van der Waals surface area contributed by atoms with E-state index in [2.05, 4.69) is 58.5 Å². The van der Waals surface area contributed by atoms with Gasteiger partial charge in [-0.15, -0.1) is 0 Å². The summed E-state index contributed by atoms with van der Waals surface area (Å²) in [7, 11) is 0. The van der Waals surface area contributed by atoms with Gasteiger partial charge in [-0.25, -0.2) is 0 Å². The van der Waals surface area contributed by atoms with Crippen LogP contribution >= 0.6 is 27.7 Å². The van der Waals surface area contributed by atoms with Gasteiger partial charge >= 0.3 is 0 Å². The number of nitrogens with zero attached hydrogens (tertiary/aromatic N) is 2. The van der Waals surface area contributed by atoms with Crippen LogP contribution < -0.4 is 0 Å². The van der Waals surface area contributed by atoms with Gasteiger partial charge in [0.2, 0.25) is 0 Å². The Bertz CT molecular complexity index is 349. The molecule has 0 amide bonds. The minimum atomic E-state index is 0.571. The third-order valence-electron chi connectivity index (χ3n) is 3.57. The van der Waals surface area contributed by atoms with E-state index >= 15 is 0 Å². The lowest BCUT2D eigenvalue weighted by Crippen LogP contribution is -2.15. The third kappa shape index (κ3) is 3.28. The van der Waals surface area contributed by atoms with Crippen LogP contribution in [0.2, 0.25) is 0 Å². The molecule has 0 radical (unpaired) electrons. The van der Waals surface area contributed by atoms with Crippen LogP contribution in [0.25, 0.3) is 0 Å². The lowest BCUT2D eigenvalue weighted by atomic mass is 10.0. The van der Waals surface area contributed by atoms with Crippen molar-refractivity contribution >= 4 is 27.7 Å². The Balaban J connectivity index is 1.98. The van der Waals surface area contributed by atoms with Crippen molar-refractivity contribution in [3.05, 3.63) is 18.0 Å². The van der Waals surface area contributed by atoms with Gasteiger partial charge in [0.25, 0.3) is 0 Å². The van der Waals surface area contributed by atoms with Crippen molar-refractivity contribution in [2.75, 3.05) is 11.5 Å². The fourth-order valence-corrected chi connectivity index (χ4v) is 4.85. The van der Waals surface area contributed by atoms with Crippen LogP contribution in [-0.2, 0) is 6.42 Å². The van der Waals surface area contributed by atoms with Crippen LogP contribution in [0.5, 0.6) is 0 Å². The first-order valence-corrected chi connectivity index (χ1v) is 8.57. The summed E-state index contributed by atoms with van der Waals surface area (Å²) in [5, 5.41) is 4.74. The predicted molar refractivity (Wildman–Crippen MR) is 79.1 cm³/mol. The minimum absolute atomic E-state index is 0.571. The van der Waals surface area contributed by atoms with Gasteiger partial charge in [-0.2, -0.15) is 16.9 Å². The van der Waals surface area contributed by atoms with Gasteiger partial charge in [-0.1, -0.05) is 29.8 Å². The molecule has 2 rings (SSSR count). The predicted octanol–water partition coefficient (Wildman–Crippen LogP) is 3.91. The van der Waals surface area contributed by atoms with Gasteiger partial charge in [0, 0.05) is 16.8 Å². The average molecular weight is 317 g/mol. The zero-order valence-electron chi connectivity index (χ0n) is 10.6. The van der Waals surface area contributed by atoms with Crippen molar-refractivity contribution in [3.63, 3.8) is 0 Å². The van der Waals surface area contributed by atoms with Gasteiger partial charge in [0.15, 0.2) is 0 Å². The summed E-state index contributed by atoms with van der Waals surface area (Å²) in [6.07, 6.45) is 5.60. The quantitative estimate of drug-likeness (QED) is 0.766. The smallest absolute Gasteiger partial charge is 0.0628 e. The molecular weight excluding hydrogens is 296 g/mol. The highest BCUT2D eigenvalue weighted by atomic mass is 79.9. The van der Waals surface area contributed by atoms with Gasteiger partial charge in [0.1, 0.15) is 0 Å². The molecule has 1 aromatic heterocycles. The van der Waals surface area contributed by atoms with Crippen LogP contribution in [0.4, 0.5) is 0 Å². The topological polar surface area (TPSA) is 17.8 Å². The Hall–Kier alpha value is 0.0400. The average Bonchev–Trinajstić information content (AvgIpc) is 2.92. The Kier molecular flexibility index (Phi) is 4.97. The molecule has 0 saturated carbocycles. The van der Waals surface area contributed by atoms with E-state index in [4.69, 9.17) is 5.10 Å². The lowest BCUT2D eigenvalue weighted by Gasteiger charge is -2.13. The molecule has 0 N–H and O–H groups in total. The van der Waals surface area contributed by atoms with E-state index in [1.807, 2.05) is 0 Å². The van der Waals surface area contributed by atoms with Crippen LogP contribution in [0.1, 0.15) is 38.4 Å². The molecule has 96 valence electrons. The number of alkyl halides is 1. The zero-order chi connectivity index (χ0) is 12.3. The monoisotopic (exact) mass is 316 g/mol. The number of hydrogen-bond donors (Lipinski definition) is 0. The Morgan fingerprint density at radius 3 is 2.82 bits per heavy atom. The summed E-state index contributed by atoms with van der Waals surface area (Å²) < 4.78 is 2.15. The van der Waals surface area contributed by atoms with Crippen LogP contribution in [0.3, 0.4) is 0 Å². The Morgan fingerprint density at radius 1 is 1.47 bits per heavy atom. The standard InChI is InChI=1S/C13H21BrN2S/c1-3-12(4-2)16-6-5-11(15-16)7-10-8-17-9-13(10)14/h5-6,10,12-13H,3-4,7-9H2,1-2H3. The first-order chi connectivity index (χ1) is 8.24. The third-order valence-corrected chi connectivity index (χ3v) is 6.33. The summed E-state index contributed by atoms with van der Waals surface area (Å²) in [5.41, 5.74) is 1.26. The number of aromatic nitrogens is 2. The van der Waals surface area contributed by atoms with E-state index in [0.717, 1.165) is 25.2 Å². The number of halogens is 1. The normalized spacial score (nSPS) is 24.7. The number of hydrogen-bond acceptors (Lipinski definition) is 2. The molecule has 4 heteroatoms. The summed E-state index contributed by atoms with van der Waals surface area (Å²) in [6.45, 7) is 4.47. The highest BCUT2D eigenvalue weighted by Crippen LogP contribution is 2.32. The maximum Gasteiger partial charge on any atom is 0.0628 e. The van der Waals surface area contributed by atoms with Gasteiger partial charge in [0.05, 0.1) is 11.7 Å². The summed E-state index contributed by atoms with van der Waals surface area (Å²) in [5.74, 6) is 3.27. The maximum atomic E-state index is 4.74. The van der Waals surface area contributed by atoms with Crippen molar-refractivity contribution in [2.24, 2.45) is 5.92 Å². The molecule has 0 aliphatic carbocycles. The van der Waals surface area contributed by atoms with Crippen molar-refractivity contribution in [3.8, 4) is 0 Å². The first-order valence-electron chi connectivity index (χ1n) is 6.50.